The number of fused-ring (bicyclic) bond motifs is 1. The highest BCUT2D eigenvalue weighted by atomic mass is 32.1. The summed E-state index contributed by atoms with van der Waals surface area (Å²) in [7, 11) is 0. The zero-order valence-corrected chi connectivity index (χ0v) is 11.1. The molecule has 0 aliphatic carbocycles. The molecular weight excluding hydrogens is 258 g/mol. The van der Waals surface area contributed by atoms with Gasteiger partial charge < -0.3 is 0 Å². The van der Waals surface area contributed by atoms with Crippen LogP contribution in [0.5, 0.6) is 0 Å². The van der Waals surface area contributed by atoms with Crippen LogP contribution in [0.3, 0.4) is 0 Å². The van der Waals surface area contributed by atoms with Crippen LogP contribution < -0.4 is 5.56 Å². The Hall–Kier alpha value is -2.27. The van der Waals surface area contributed by atoms with Gasteiger partial charge in [0, 0.05) is 23.3 Å². The Kier molecular flexibility index (Phi) is 2.97. The number of hydrogen-bond donors (Lipinski definition) is 0. The number of pyridine rings is 1. The molecule has 4 nitrogen and oxygen atoms in total. The molecule has 0 spiro atoms. The fourth-order valence-electron chi connectivity index (χ4n) is 1.79. The summed E-state index contributed by atoms with van der Waals surface area (Å²) in [6.45, 7) is 1.79. The standard InChI is InChI=1S/C14H11N3OS/c1-10-12(6-5-11-4-2-3-7-15-11)16-14-17(13(10)18)8-9-19-14/h2-9H,1H3/b6-5+. The van der Waals surface area contributed by atoms with E-state index in [2.05, 4.69) is 9.97 Å². The minimum Gasteiger partial charge on any atom is -0.269 e. The Morgan fingerprint density at radius 3 is 3.00 bits per heavy atom. The van der Waals surface area contributed by atoms with Crippen LogP contribution >= 0.6 is 11.3 Å². The van der Waals surface area contributed by atoms with Gasteiger partial charge in [0.05, 0.1) is 11.4 Å². The molecule has 3 heterocycles. The number of hydrogen-bond acceptors (Lipinski definition) is 4. The van der Waals surface area contributed by atoms with Gasteiger partial charge in [-0.25, -0.2) is 4.98 Å². The van der Waals surface area contributed by atoms with E-state index in [0.29, 0.717) is 16.2 Å². The monoisotopic (exact) mass is 269 g/mol. The fourth-order valence-corrected chi connectivity index (χ4v) is 2.50. The second-order valence-electron chi connectivity index (χ2n) is 4.07. The largest absolute Gasteiger partial charge is 0.269 e. The first-order chi connectivity index (χ1) is 9.25. The van der Waals surface area contributed by atoms with E-state index in [-0.39, 0.29) is 5.56 Å². The molecule has 0 unspecified atom stereocenters. The van der Waals surface area contributed by atoms with E-state index >= 15 is 0 Å². The van der Waals surface area contributed by atoms with E-state index in [1.165, 1.54) is 11.3 Å². The lowest BCUT2D eigenvalue weighted by molar-refractivity contribution is 1.03. The number of nitrogens with zero attached hydrogens (tertiary/aromatic N) is 3. The van der Waals surface area contributed by atoms with Crippen molar-refractivity contribution in [2.45, 2.75) is 6.92 Å². The molecule has 0 aliphatic heterocycles. The minimum absolute atomic E-state index is 0.0214. The van der Waals surface area contributed by atoms with Gasteiger partial charge in [0.15, 0.2) is 4.96 Å². The minimum atomic E-state index is -0.0214. The molecule has 0 aliphatic rings. The smallest absolute Gasteiger partial charge is 0.262 e. The van der Waals surface area contributed by atoms with E-state index < -0.39 is 0 Å². The molecule has 0 saturated heterocycles. The van der Waals surface area contributed by atoms with Crippen molar-refractivity contribution in [1.29, 1.82) is 0 Å². The first-order valence-electron chi connectivity index (χ1n) is 5.81. The SMILES string of the molecule is Cc1c(/C=C/c2ccccn2)nc2sccn2c1=O. The Morgan fingerprint density at radius 2 is 2.21 bits per heavy atom. The summed E-state index contributed by atoms with van der Waals surface area (Å²) < 4.78 is 1.57. The van der Waals surface area contributed by atoms with Crippen LogP contribution in [0.15, 0.2) is 40.8 Å². The lowest BCUT2D eigenvalue weighted by atomic mass is 10.2. The summed E-state index contributed by atoms with van der Waals surface area (Å²) in [5.41, 5.74) is 2.16. The normalized spacial score (nSPS) is 11.4. The van der Waals surface area contributed by atoms with Gasteiger partial charge >= 0.3 is 0 Å². The van der Waals surface area contributed by atoms with Gasteiger partial charge in [-0.2, -0.15) is 0 Å². The molecule has 0 amide bonds. The molecule has 94 valence electrons. The lowest BCUT2D eigenvalue weighted by Crippen LogP contribution is -2.17. The summed E-state index contributed by atoms with van der Waals surface area (Å²) in [5.74, 6) is 0. The molecule has 3 aromatic rings. The van der Waals surface area contributed by atoms with Crippen LogP contribution in [-0.2, 0) is 0 Å². The van der Waals surface area contributed by atoms with Gasteiger partial charge in [-0.15, -0.1) is 11.3 Å². The molecular formula is C14H11N3OS. The molecule has 0 atom stereocenters. The van der Waals surface area contributed by atoms with Crippen LogP contribution in [-0.4, -0.2) is 14.4 Å². The van der Waals surface area contributed by atoms with E-state index in [9.17, 15) is 4.79 Å². The van der Waals surface area contributed by atoms with Crippen molar-refractivity contribution >= 4 is 28.4 Å². The first-order valence-corrected chi connectivity index (χ1v) is 6.69. The van der Waals surface area contributed by atoms with Gasteiger partial charge in [0.25, 0.3) is 5.56 Å². The average molecular weight is 269 g/mol. The number of aromatic nitrogens is 3. The van der Waals surface area contributed by atoms with Gasteiger partial charge in [-0.05, 0) is 31.2 Å². The van der Waals surface area contributed by atoms with Crippen LogP contribution in [0.25, 0.3) is 17.1 Å². The Balaban J connectivity index is 2.08. The predicted octanol–water partition coefficient (Wildman–Crippen LogP) is 2.63. The Bertz CT molecular complexity index is 802. The third-order valence-electron chi connectivity index (χ3n) is 2.83. The van der Waals surface area contributed by atoms with Gasteiger partial charge in [0.2, 0.25) is 0 Å². The van der Waals surface area contributed by atoms with Gasteiger partial charge in [0.1, 0.15) is 0 Å². The second-order valence-corrected chi connectivity index (χ2v) is 4.94. The maximum absolute atomic E-state index is 12.1. The molecule has 19 heavy (non-hydrogen) atoms. The van der Waals surface area contributed by atoms with Crippen molar-refractivity contribution in [3.8, 4) is 0 Å². The van der Waals surface area contributed by atoms with E-state index in [0.717, 1.165) is 5.69 Å². The van der Waals surface area contributed by atoms with Crippen molar-refractivity contribution in [2.75, 3.05) is 0 Å². The molecule has 0 N–H and O–H groups in total. The number of rotatable bonds is 2. The molecule has 0 bridgehead atoms. The highest BCUT2D eigenvalue weighted by Crippen LogP contribution is 2.11. The van der Waals surface area contributed by atoms with E-state index in [4.69, 9.17) is 0 Å². The zero-order chi connectivity index (χ0) is 13.2. The van der Waals surface area contributed by atoms with Crippen LogP contribution in [0, 0.1) is 6.92 Å². The summed E-state index contributed by atoms with van der Waals surface area (Å²) in [4.78, 5) is 21.5. The highest BCUT2D eigenvalue weighted by molar-refractivity contribution is 7.15. The summed E-state index contributed by atoms with van der Waals surface area (Å²) in [6, 6.07) is 5.69. The van der Waals surface area contributed by atoms with Crippen molar-refractivity contribution in [2.24, 2.45) is 0 Å². The lowest BCUT2D eigenvalue weighted by Gasteiger charge is -2.00. The average Bonchev–Trinajstić information content (AvgIpc) is 2.91. The fraction of sp³-hybridized carbons (Fsp3) is 0.0714. The van der Waals surface area contributed by atoms with Crippen LogP contribution in [0.1, 0.15) is 17.0 Å². The molecule has 0 aromatic carbocycles. The summed E-state index contributed by atoms with van der Waals surface area (Å²) in [6.07, 6.45) is 7.17. The van der Waals surface area contributed by atoms with Crippen molar-refractivity contribution < 1.29 is 0 Å². The molecule has 5 heteroatoms. The van der Waals surface area contributed by atoms with Crippen LogP contribution in [0.2, 0.25) is 0 Å². The Morgan fingerprint density at radius 1 is 1.32 bits per heavy atom. The van der Waals surface area contributed by atoms with E-state index in [1.807, 2.05) is 35.7 Å². The third-order valence-corrected chi connectivity index (χ3v) is 3.59. The van der Waals surface area contributed by atoms with Gasteiger partial charge in [-0.1, -0.05) is 6.07 Å². The molecule has 3 aromatic heterocycles. The number of thiazole rings is 1. The summed E-state index contributed by atoms with van der Waals surface area (Å²) in [5, 5.41) is 1.86. The molecule has 0 fully saturated rings. The molecule has 3 rings (SSSR count). The second kappa shape index (κ2) is 4.78. The van der Waals surface area contributed by atoms with Gasteiger partial charge in [-0.3, -0.25) is 14.2 Å². The van der Waals surface area contributed by atoms with Crippen molar-refractivity contribution in [1.82, 2.24) is 14.4 Å². The quantitative estimate of drug-likeness (QED) is 0.718. The molecule has 0 saturated carbocycles. The van der Waals surface area contributed by atoms with Crippen molar-refractivity contribution in [3.05, 3.63) is 63.3 Å². The molecule has 0 radical (unpaired) electrons. The van der Waals surface area contributed by atoms with Crippen molar-refractivity contribution in [3.63, 3.8) is 0 Å². The first kappa shape index (κ1) is 11.8. The Labute approximate surface area is 113 Å². The predicted molar refractivity (Wildman–Crippen MR) is 77.2 cm³/mol. The third kappa shape index (κ3) is 2.20. The van der Waals surface area contributed by atoms with Crippen LogP contribution in [0.4, 0.5) is 0 Å². The maximum Gasteiger partial charge on any atom is 0.262 e. The van der Waals surface area contributed by atoms with E-state index in [1.54, 1.807) is 23.7 Å². The topological polar surface area (TPSA) is 47.3 Å². The summed E-state index contributed by atoms with van der Waals surface area (Å²) >= 11 is 1.45. The maximum atomic E-state index is 12.1. The zero-order valence-electron chi connectivity index (χ0n) is 10.3. The highest BCUT2D eigenvalue weighted by Gasteiger charge is 2.06.